The van der Waals surface area contributed by atoms with Gasteiger partial charge in [0, 0.05) is 51.4 Å². The summed E-state index contributed by atoms with van der Waals surface area (Å²) < 4.78 is 27.6. The van der Waals surface area contributed by atoms with Crippen molar-refractivity contribution in [2.75, 3.05) is 44.2 Å². The van der Waals surface area contributed by atoms with E-state index in [1.54, 1.807) is 18.3 Å². The number of aryl methyl sites for hydroxylation is 2. The van der Waals surface area contributed by atoms with Crippen molar-refractivity contribution in [2.45, 2.75) is 31.6 Å². The molecule has 2 aromatic rings. The largest absolute Gasteiger partial charge is 0.353 e. The molecule has 0 aliphatic carbocycles. The number of carbonyl (C=O) groups excluding carboxylic acids is 1. The maximum Gasteiger partial charge on any atom is 0.243 e. The highest BCUT2D eigenvalue weighted by molar-refractivity contribution is 7.89. The molecule has 32 heavy (non-hydrogen) atoms. The van der Waals surface area contributed by atoms with Gasteiger partial charge in [0.05, 0.1) is 9.92 Å². The molecule has 0 unspecified atom stereocenters. The molecule has 0 radical (unpaired) electrons. The van der Waals surface area contributed by atoms with Crippen molar-refractivity contribution in [1.82, 2.24) is 14.2 Å². The number of hydrogen-bond acceptors (Lipinski definition) is 5. The maximum atomic E-state index is 13.1. The van der Waals surface area contributed by atoms with Crippen LogP contribution >= 0.6 is 11.6 Å². The number of piperidine rings is 1. The van der Waals surface area contributed by atoms with Crippen LogP contribution < -0.4 is 4.90 Å². The fourth-order valence-electron chi connectivity index (χ4n) is 4.34. The van der Waals surface area contributed by atoms with Crippen molar-refractivity contribution >= 4 is 33.3 Å². The van der Waals surface area contributed by atoms with Crippen molar-refractivity contribution in [2.24, 2.45) is 5.92 Å². The Labute approximate surface area is 195 Å². The Morgan fingerprint density at radius 3 is 2.25 bits per heavy atom. The molecule has 0 atom stereocenters. The van der Waals surface area contributed by atoms with Crippen molar-refractivity contribution < 1.29 is 13.2 Å². The molecule has 7 nitrogen and oxygen atoms in total. The normalized spacial score (nSPS) is 18.7. The first-order chi connectivity index (χ1) is 15.3. The van der Waals surface area contributed by atoms with Gasteiger partial charge in [0.2, 0.25) is 15.9 Å². The summed E-state index contributed by atoms with van der Waals surface area (Å²) in [6.45, 7) is 7.37. The molecule has 2 aliphatic rings. The number of hydrogen-bond donors (Lipinski definition) is 0. The molecule has 172 valence electrons. The monoisotopic (exact) mass is 476 g/mol. The smallest absolute Gasteiger partial charge is 0.243 e. The zero-order valence-electron chi connectivity index (χ0n) is 18.5. The highest BCUT2D eigenvalue weighted by atomic mass is 35.5. The van der Waals surface area contributed by atoms with E-state index in [2.05, 4.69) is 9.88 Å². The molecule has 2 aliphatic heterocycles. The van der Waals surface area contributed by atoms with Crippen LogP contribution in [0.15, 0.2) is 41.4 Å². The number of sulfonamides is 1. The number of halogens is 1. The average molecular weight is 477 g/mol. The quantitative estimate of drug-likeness (QED) is 0.677. The van der Waals surface area contributed by atoms with E-state index in [-0.39, 0.29) is 11.8 Å². The molecule has 4 rings (SSSR count). The summed E-state index contributed by atoms with van der Waals surface area (Å²) in [5.74, 6) is 0.879. The predicted molar refractivity (Wildman–Crippen MR) is 125 cm³/mol. The van der Waals surface area contributed by atoms with Gasteiger partial charge in [0.25, 0.3) is 0 Å². The summed E-state index contributed by atoms with van der Waals surface area (Å²) in [6, 6.07) is 8.96. The Morgan fingerprint density at radius 2 is 1.66 bits per heavy atom. The SMILES string of the molecule is Cc1ccc(S(=O)(=O)N2CCC(C(=O)N3CCN(c4ccc(Cl)cn4)CC3)CC2)cc1C. The third-order valence-corrected chi connectivity index (χ3v) is 8.66. The minimum Gasteiger partial charge on any atom is -0.353 e. The van der Waals surface area contributed by atoms with Crippen LogP contribution in [-0.4, -0.2) is 67.8 Å². The van der Waals surface area contributed by atoms with Crippen LogP contribution in [0.2, 0.25) is 5.02 Å². The zero-order chi connectivity index (χ0) is 22.9. The van der Waals surface area contributed by atoms with E-state index in [1.165, 1.54) is 4.31 Å². The van der Waals surface area contributed by atoms with Crippen LogP contribution in [0.3, 0.4) is 0 Å². The molecule has 3 heterocycles. The molecule has 1 amide bonds. The third kappa shape index (κ3) is 4.77. The molecule has 1 aromatic heterocycles. The molecular weight excluding hydrogens is 448 g/mol. The number of amides is 1. The number of anilines is 1. The molecule has 2 saturated heterocycles. The summed E-state index contributed by atoms with van der Waals surface area (Å²) in [4.78, 5) is 21.8. The summed E-state index contributed by atoms with van der Waals surface area (Å²) >= 11 is 5.91. The molecular formula is C23H29ClN4O3S. The second-order valence-electron chi connectivity index (χ2n) is 8.57. The van der Waals surface area contributed by atoms with Gasteiger partial charge in [-0.25, -0.2) is 13.4 Å². The highest BCUT2D eigenvalue weighted by Crippen LogP contribution is 2.27. The fourth-order valence-corrected chi connectivity index (χ4v) is 6.00. The number of rotatable bonds is 4. The van der Waals surface area contributed by atoms with Crippen LogP contribution in [0.25, 0.3) is 0 Å². The number of pyridine rings is 1. The van der Waals surface area contributed by atoms with Gasteiger partial charge in [0.15, 0.2) is 0 Å². The van der Waals surface area contributed by atoms with Crippen molar-refractivity contribution in [3.05, 3.63) is 52.7 Å². The number of nitrogens with zero attached hydrogens (tertiary/aromatic N) is 4. The summed E-state index contributed by atoms with van der Waals surface area (Å²) in [6.07, 6.45) is 2.75. The van der Waals surface area contributed by atoms with Crippen molar-refractivity contribution in [3.63, 3.8) is 0 Å². The molecule has 9 heteroatoms. The minimum atomic E-state index is -3.53. The van der Waals surface area contributed by atoms with E-state index in [4.69, 9.17) is 11.6 Å². The van der Waals surface area contributed by atoms with Crippen LogP contribution in [-0.2, 0) is 14.8 Å². The Bertz CT molecular complexity index is 1070. The first-order valence-electron chi connectivity index (χ1n) is 11.0. The highest BCUT2D eigenvalue weighted by Gasteiger charge is 2.34. The molecule has 1 aromatic carbocycles. The second kappa shape index (κ2) is 9.37. The Balaban J connectivity index is 1.32. The maximum absolute atomic E-state index is 13.1. The van der Waals surface area contributed by atoms with E-state index in [1.807, 2.05) is 36.9 Å². The lowest BCUT2D eigenvalue weighted by atomic mass is 9.96. The Hall–Kier alpha value is -2.16. The number of piperazine rings is 1. The lowest BCUT2D eigenvalue weighted by Gasteiger charge is -2.38. The van der Waals surface area contributed by atoms with Gasteiger partial charge in [-0.15, -0.1) is 0 Å². The molecule has 2 fully saturated rings. The van der Waals surface area contributed by atoms with Crippen molar-refractivity contribution in [3.8, 4) is 0 Å². The van der Waals surface area contributed by atoms with Crippen LogP contribution in [0.1, 0.15) is 24.0 Å². The zero-order valence-corrected chi connectivity index (χ0v) is 20.1. The summed E-state index contributed by atoms with van der Waals surface area (Å²) in [5, 5.41) is 0.605. The van der Waals surface area contributed by atoms with Gasteiger partial charge in [-0.1, -0.05) is 17.7 Å². The lowest BCUT2D eigenvalue weighted by molar-refractivity contribution is -0.137. The van der Waals surface area contributed by atoms with E-state index in [0.29, 0.717) is 48.9 Å². The Kier molecular flexibility index (Phi) is 6.74. The second-order valence-corrected chi connectivity index (χ2v) is 10.9. The van der Waals surface area contributed by atoms with Gasteiger partial charge in [0.1, 0.15) is 5.82 Å². The van der Waals surface area contributed by atoms with E-state index in [9.17, 15) is 13.2 Å². The van der Waals surface area contributed by atoms with Gasteiger partial charge in [-0.05, 0) is 62.1 Å². The predicted octanol–water partition coefficient (Wildman–Crippen LogP) is 3.10. The van der Waals surface area contributed by atoms with E-state index >= 15 is 0 Å². The average Bonchev–Trinajstić information content (AvgIpc) is 2.81. The first-order valence-corrected chi connectivity index (χ1v) is 12.8. The van der Waals surface area contributed by atoms with Gasteiger partial charge in [-0.3, -0.25) is 4.79 Å². The van der Waals surface area contributed by atoms with Crippen LogP contribution in [0.5, 0.6) is 0 Å². The van der Waals surface area contributed by atoms with Crippen LogP contribution in [0, 0.1) is 19.8 Å². The number of carbonyl (C=O) groups is 1. The van der Waals surface area contributed by atoms with Gasteiger partial charge < -0.3 is 9.80 Å². The first kappa shape index (κ1) is 23.0. The summed E-state index contributed by atoms with van der Waals surface area (Å²) in [5.41, 5.74) is 2.03. The Morgan fingerprint density at radius 1 is 0.969 bits per heavy atom. The topological polar surface area (TPSA) is 73.8 Å². The summed E-state index contributed by atoms with van der Waals surface area (Å²) in [7, 11) is -3.53. The standard InChI is InChI=1S/C23H29ClN4O3S/c1-17-3-5-21(15-18(17)2)32(30,31)28-9-7-19(8-10-28)23(29)27-13-11-26(12-14-27)22-6-4-20(24)16-25-22/h3-6,15-16,19H,7-14H2,1-2H3. The van der Waals surface area contributed by atoms with Gasteiger partial charge >= 0.3 is 0 Å². The number of benzene rings is 1. The molecule has 0 saturated carbocycles. The molecule has 0 bridgehead atoms. The van der Waals surface area contributed by atoms with E-state index < -0.39 is 10.0 Å². The minimum absolute atomic E-state index is 0.124. The van der Waals surface area contributed by atoms with Crippen molar-refractivity contribution in [1.29, 1.82) is 0 Å². The molecule has 0 spiro atoms. The van der Waals surface area contributed by atoms with E-state index in [0.717, 1.165) is 30.0 Å². The van der Waals surface area contributed by atoms with Gasteiger partial charge in [-0.2, -0.15) is 4.31 Å². The fraction of sp³-hybridized carbons (Fsp3) is 0.478. The third-order valence-electron chi connectivity index (χ3n) is 6.55. The molecule has 0 N–H and O–H groups in total. The number of aromatic nitrogens is 1. The van der Waals surface area contributed by atoms with Crippen LogP contribution in [0.4, 0.5) is 5.82 Å². The lowest BCUT2D eigenvalue weighted by Crippen LogP contribution is -2.52.